The molecule has 2 aromatic carbocycles. The number of anilines is 2. The Hall–Kier alpha value is -2.58. The van der Waals surface area contributed by atoms with Crippen molar-refractivity contribution in [1.29, 1.82) is 0 Å². The maximum Gasteiger partial charge on any atom is 0.337 e. The number of halogens is 1. The van der Waals surface area contributed by atoms with Gasteiger partial charge in [0.15, 0.2) is 0 Å². The summed E-state index contributed by atoms with van der Waals surface area (Å²) in [7, 11) is -2.49. The maximum absolute atomic E-state index is 12.6. The van der Waals surface area contributed by atoms with Gasteiger partial charge in [-0.05, 0) is 35.7 Å². The number of methoxy groups -OCH3 is 1. The Labute approximate surface area is 175 Å². The molecular formula is C20H23ClN2O5S. The van der Waals surface area contributed by atoms with Crippen molar-refractivity contribution in [3.05, 3.63) is 58.6 Å². The summed E-state index contributed by atoms with van der Waals surface area (Å²) in [4.78, 5) is 24.3. The number of ether oxygens (including phenoxy) is 1. The van der Waals surface area contributed by atoms with Gasteiger partial charge in [0.05, 0.1) is 35.3 Å². The Kier molecular flexibility index (Phi) is 7.26. The van der Waals surface area contributed by atoms with Crippen LogP contribution in [0.4, 0.5) is 11.4 Å². The number of para-hydroxylation sites is 1. The van der Waals surface area contributed by atoms with Gasteiger partial charge in [0.1, 0.15) is 6.54 Å². The number of nitrogens with zero attached hydrogens (tertiary/aromatic N) is 1. The van der Waals surface area contributed by atoms with E-state index in [0.717, 1.165) is 16.1 Å². The molecule has 29 heavy (non-hydrogen) atoms. The molecule has 0 fully saturated rings. The van der Waals surface area contributed by atoms with E-state index in [4.69, 9.17) is 11.6 Å². The molecule has 0 atom stereocenters. The highest BCUT2D eigenvalue weighted by molar-refractivity contribution is 7.92. The normalized spacial score (nSPS) is 11.2. The van der Waals surface area contributed by atoms with Crippen LogP contribution in [0.15, 0.2) is 42.5 Å². The van der Waals surface area contributed by atoms with Crippen LogP contribution in [-0.4, -0.2) is 40.2 Å². The third-order valence-corrected chi connectivity index (χ3v) is 5.63. The monoisotopic (exact) mass is 438 g/mol. The third kappa shape index (κ3) is 5.71. The lowest BCUT2D eigenvalue weighted by atomic mass is 10.0. The lowest BCUT2D eigenvalue weighted by Gasteiger charge is -2.25. The van der Waals surface area contributed by atoms with Gasteiger partial charge in [-0.3, -0.25) is 9.10 Å². The molecule has 0 spiro atoms. The number of benzene rings is 2. The van der Waals surface area contributed by atoms with Gasteiger partial charge in [0.2, 0.25) is 15.9 Å². The highest BCUT2D eigenvalue weighted by Crippen LogP contribution is 2.29. The number of amides is 1. The smallest absolute Gasteiger partial charge is 0.337 e. The molecule has 9 heteroatoms. The molecule has 0 saturated heterocycles. The van der Waals surface area contributed by atoms with Crippen molar-refractivity contribution in [2.75, 3.05) is 29.5 Å². The Morgan fingerprint density at radius 1 is 1.17 bits per heavy atom. The summed E-state index contributed by atoms with van der Waals surface area (Å²) < 4.78 is 30.5. The second-order valence-corrected chi connectivity index (χ2v) is 9.03. The molecule has 0 aliphatic rings. The minimum Gasteiger partial charge on any atom is -0.465 e. The van der Waals surface area contributed by atoms with Crippen LogP contribution in [0.25, 0.3) is 0 Å². The van der Waals surface area contributed by atoms with E-state index in [9.17, 15) is 18.0 Å². The van der Waals surface area contributed by atoms with Crippen LogP contribution in [0.5, 0.6) is 0 Å². The SMILES string of the molecule is COC(=O)c1ccc(Cl)c(NC(=O)CN(c2ccccc2C(C)C)S(C)(=O)=O)c1. The van der Waals surface area contributed by atoms with Crippen molar-refractivity contribution in [2.24, 2.45) is 0 Å². The number of hydrogen-bond acceptors (Lipinski definition) is 5. The standard InChI is InChI=1S/C20H23ClN2O5S/c1-13(2)15-7-5-6-8-18(15)23(29(4,26)27)12-19(24)22-17-11-14(20(25)28-3)9-10-16(17)21/h5-11,13H,12H2,1-4H3,(H,22,24). The molecule has 156 valence electrons. The first-order valence-corrected chi connectivity index (χ1v) is 11.0. The van der Waals surface area contributed by atoms with E-state index in [1.165, 1.54) is 25.3 Å². The number of rotatable bonds is 7. The number of carbonyl (C=O) groups excluding carboxylic acids is 2. The molecule has 0 radical (unpaired) electrons. The summed E-state index contributed by atoms with van der Waals surface area (Å²) >= 11 is 6.10. The minimum absolute atomic E-state index is 0.0599. The van der Waals surface area contributed by atoms with E-state index in [1.807, 2.05) is 26.0 Å². The van der Waals surface area contributed by atoms with E-state index in [1.54, 1.807) is 12.1 Å². The van der Waals surface area contributed by atoms with Gasteiger partial charge >= 0.3 is 5.97 Å². The molecule has 1 amide bonds. The second kappa shape index (κ2) is 9.28. The molecule has 2 rings (SSSR count). The van der Waals surface area contributed by atoms with Crippen molar-refractivity contribution in [3.63, 3.8) is 0 Å². The number of sulfonamides is 1. The van der Waals surface area contributed by atoms with E-state index in [0.29, 0.717) is 5.69 Å². The maximum atomic E-state index is 12.6. The van der Waals surface area contributed by atoms with E-state index < -0.39 is 28.4 Å². The van der Waals surface area contributed by atoms with Gasteiger partial charge in [-0.15, -0.1) is 0 Å². The van der Waals surface area contributed by atoms with Gasteiger partial charge in [-0.2, -0.15) is 0 Å². The first-order valence-electron chi connectivity index (χ1n) is 8.79. The number of nitrogens with one attached hydrogen (secondary N) is 1. The molecule has 0 heterocycles. The summed E-state index contributed by atoms with van der Waals surface area (Å²) in [5.41, 5.74) is 1.63. The fourth-order valence-electron chi connectivity index (χ4n) is 2.77. The van der Waals surface area contributed by atoms with Crippen molar-refractivity contribution in [1.82, 2.24) is 0 Å². The highest BCUT2D eigenvalue weighted by Gasteiger charge is 2.24. The molecule has 1 N–H and O–H groups in total. The lowest BCUT2D eigenvalue weighted by Crippen LogP contribution is -2.38. The van der Waals surface area contributed by atoms with Crippen LogP contribution in [0.3, 0.4) is 0 Å². The summed E-state index contributed by atoms with van der Waals surface area (Å²) in [5.74, 6) is -1.12. The molecule has 0 aliphatic carbocycles. The van der Waals surface area contributed by atoms with Crippen LogP contribution in [0.1, 0.15) is 35.7 Å². The van der Waals surface area contributed by atoms with Gasteiger partial charge in [0.25, 0.3) is 0 Å². The average molecular weight is 439 g/mol. The highest BCUT2D eigenvalue weighted by atomic mass is 35.5. The predicted octanol–water partition coefficient (Wildman–Crippen LogP) is 3.65. The summed E-state index contributed by atoms with van der Waals surface area (Å²) in [5, 5.41) is 2.77. The quantitative estimate of drug-likeness (QED) is 0.666. The van der Waals surface area contributed by atoms with Gasteiger partial charge in [0, 0.05) is 0 Å². The van der Waals surface area contributed by atoms with Crippen molar-refractivity contribution < 1.29 is 22.7 Å². The number of carbonyl (C=O) groups is 2. The van der Waals surface area contributed by atoms with E-state index in [2.05, 4.69) is 10.1 Å². The fraction of sp³-hybridized carbons (Fsp3) is 0.300. The molecule has 0 unspecified atom stereocenters. The summed E-state index contributed by atoms with van der Waals surface area (Å²) in [6.07, 6.45) is 1.04. The van der Waals surface area contributed by atoms with Crippen molar-refractivity contribution in [2.45, 2.75) is 19.8 Å². The minimum atomic E-state index is -3.73. The van der Waals surface area contributed by atoms with Gasteiger partial charge in [-0.1, -0.05) is 43.6 Å². The Bertz CT molecular complexity index is 1020. The van der Waals surface area contributed by atoms with Gasteiger partial charge in [-0.25, -0.2) is 13.2 Å². The zero-order valence-corrected chi connectivity index (χ0v) is 18.2. The molecule has 0 bridgehead atoms. The third-order valence-electron chi connectivity index (χ3n) is 4.18. The first-order chi connectivity index (χ1) is 13.5. The predicted molar refractivity (Wildman–Crippen MR) is 114 cm³/mol. The molecular weight excluding hydrogens is 416 g/mol. The number of hydrogen-bond donors (Lipinski definition) is 1. The van der Waals surface area contributed by atoms with Crippen LogP contribution in [0.2, 0.25) is 5.02 Å². The van der Waals surface area contributed by atoms with Crippen LogP contribution in [-0.2, 0) is 19.6 Å². The fourth-order valence-corrected chi connectivity index (χ4v) is 3.81. The molecule has 0 aliphatic heterocycles. The second-order valence-electron chi connectivity index (χ2n) is 6.72. The van der Waals surface area contributed by atoms with Crippen LogP contribution in [0, 0.1) is 0 Å². The molecule has 7 nitrogen and oxygen atoms in total. The topological polar surface area (TPSA) is 92.8 Å². The Morgan fingerprint density at radius 3 is 2.41 bits per heavy atom. The number of esters is 1. The molecule has 2 aromatic rings. The lowest BCUT2D eigenvalue weighted by molar-refractivity contribution is -0.114. The largest absolute Gasteiger partial charge is 0.465 e. The summed E-state index contributed by atoms with van der Waals surface area (Å²) in [6, 6.07) is 11.3. The van der Waals surface area contributed by atoms with Gasteiger partial charge < -0.3 is 10.1 Å². The zero-order valence-electron chi connectivity index (χ0n) is 16.6. The average Bonchev–Trinajstić information content (AvgIpc) is 2.66. The summed E-state index contributed by atoms with van der Waals surface area (Å²) in [6.45, 7) is 3.44. The zero-order chi connectivity index (χ0) is 21.8. The van der Waals surface area contributed by atoms with E-state index in [-0.39, 0.29) is 22.2 Å². The van der Waals surface area contributed by atoms with Crippen LogP contribution >= 0.6 is 11.6 Å². The molecule has 0 aromatic heterocycles. The van der Waals surface area contributed by atoms with Crippen molar-refractivity contribution in [3.8, 4) is 0 Å². The van der Waals surface area contributed by atoms with Crippen LogP contribution < -0.4 is 9.62 Å². The first kappa shape index (κ1) is 22.7. The Morgan fingerprint density at radius 2 is 1.83 bits per heavy atom. The van der Waals surface area contributed by atoms with E-state index >= 15 is 0 Å². The molecule has 0 saturated carbocycles. The van der Waals surface area contributed by atoms with Crippen molar-refractivity contribution >= 4 is 44.9 Å². The Balaban J connectivity index is 2.33.